The minimum atomic E-state index is -0.575. The van der Waals surface area contributed by atoms with Gasteiger partial charge in [0.2, 0.25) is 0 Å². The first-order chi connectivity index (χ1) is 16.6. The lowest BCUT2D eigenvalue weighted by atomic mass is 9.93. The van der Waals surface area contributed by atoms with Crippen LogP contribution in [0.3, 0.4) is 0 Å². The van der Waals surface area contributed by atoms with Gasteiger partial charge in [-0.3, -0.25) is 14.8 Å². The number of fused-ring (bicyclic) bond motifs is 4. The molecule has 0 atom stereocenters. The number of anilines is 1. The van der Waals surface area contributed by atoms with Crippen molar-refractivity contribution in [3.8, 4) is 11.1 Å². The molecule has 0 radical (unpaired) electrons. The molecule has 6 heteroatoms. The Morgan fingerprint density at radius 3 is 2.50 bits per heavy atom. The smallest absolute Gasteiger partial charge is 0.276 e. The number of nitrogens with zero attached hydrogens (tertiary/aromatic N) is 1. The maximum atomic E-state index is 13.1. The minimum absolute atomic E-state index is 0.00283. The Balaban J connectivity index is 1.57. The van der Waals surface area contributed by atoms with Gasteiger partial charge in [0.1, 0.15) is 0 Å². The van der Waals surface area contributed by atoms with Gasteiger partial charge in [-0.05, 0) is 53.4 Å². The molecule has 1 aliphatic rings. The van der Waals surface area contributed by atoms with Crippen molar-refractivity contribution < 1.29 is 14.8 Å². The number of benzene rings is 4. The third-order valence-corrected chi connectivity index (χ3v) is 6.72. The molecule has 0 saturated heterocycles. The van der Waals surface area contributed by atoms with Crippen LogP contribution in [-0.2, 0) is 6.54 Å². The summed E-state index contributed by atoms with van der Waals surface area (Å²) in [7, 11) is 0. The SMILES string of the molecule is Cc1c(-c2ccc(C(=O)NO)c3[nH]c4ccccc4c23)cccc1N1Cc2ccccc2C1=O. The van der Waals surface area contributed by atoms with Gasteiger partial charge in [-0.2, -0.15) is 0 Å². The molecule has 1 aliphatic heterocycles. The van der Waals surface area contributed by atoms with Gasteiger partial charge in [-0.15, -0.1) is 0 Å². The molecule has 6 nitrogen and oxygen atoms in total. The third kappa shape index (κ3) is 2.86. The second-order valence-electron chi connectivity index (χ2n) is 8.52. The molecule has 2 amide bonds. The molecule has 0 bridgehead atoms. The van der Waals surface area contributed by atoms with E-state index in [4.69, 9.17) is 0 Å². The number of hydrogen-bond donors (Lipinski definition) is 3. The number of rotatable bonds is 3. The van der Waals surface area contributed by atoms with Crippen molar-refractivity contribution in [2.75, 3.05) is 4.90 Å². The van der Waals surface area contributed by atoms with Crippen LogP contribution >= 0.6 is 0 Å². The lowest BCUT2D eigenvalue weighted by Gasteiger charge is -2.21. The summed E-state index contributed by atoms with van der Waals surface area (Å²) in [5.41, 5.74) is 9.19. The number of aromatic amines is 1. The summed E-state index contributed by atoms with van der Waals surface area (Å²) in [6, 6.07) is 25.2. The maximum absolute atomic E-state index is 13.1. The topological polar surface area (TPSA) is 85.4 Å². The molecule has 166 valence electrons. The second-order valence-corrected chi connectivity index (χ2v) is 8.52. The fourth-order valence-corrected chi connectivity index (χ4v) is 5.09. The van der Waals surface area contributed by atoms with Gasteiger partial charge in [-0.1, -0.05) is 54.6 Å². The first-order valence-corrected chi connectivity index (χ1v) is 11.1. The Morgan fingerprint density at radius 2 is 1.68 bits per heavy atom. The molecule has 6 rings (SSSR count). The normalized spacial score (nSPS) is 13.0. The highest BCUT2D eigenvalue weighted by molar-refractivity contribution is 6.20. The zero-order valence-corrected chi connectivity index (χ0v) is 18.4. The van der Waals surface area contributed by atoms with E-state index in [9.17, 15) is 14.8 Å². The Hall–Kier alpha value is -4.42. The molecule has 0 fully saturated rings. The average molecular weight is 447 g/mol. The van der Waals surface area contributed by atoms with E-state index in [0.717, 1.165) is 49.8 Å². The zero-order chi connectivity index (χ0) is 23.4. The number of para-hydroxylation sites is 1. The number of hydrogen-bond acceptors (Lipinski definition) is 3. The highest BCUT2D eigenvalue weighted by Gasteiger charge is 2.29. The number of aromatic nitrogens is 1. The van der Waals surface area contributed by atoms with Gasteiger partial charge in [0.15, 0.2) is 0 Å². The number of H-pyrrole nitrogens is 1. The molecule has 0 aliphatic carbocycles. The molecule has 0 saturated carbocycles. The maximum Gasteiger partial charge on any atom is 0.276 e. The summed E-state index contributed by atoms with van der Waals surface area (Å²) in [5.74, 6) is -0.572. The monoisotopic (exact) mass is 447 g/mol. The Labute approximate surface area is 195 Å². The predicted octanol–water partition coefficient (Wildman–Crippen LogP) is 5.58. The summed E-state index contributed by atoms with van der Waals surface area (Å²) in [5, 5.41) is 11.1. The van der Waals surface area contributed by atoms with Crippen molar-refractivity contribution >= 4 is 39.3 Å². The molecule has 0 unspecified atom stereocenters. The van der Waals surface area contributed by atoms with Crippen LogP contribution in [0.15, 0.2) is 78.9 Å². The quantitative estimate of drug-likeness (QED) is 0.249. The van der Waals surface area contributed by atoms with Crippen molar-refractivity contribution in [2.45, 2.75) is 13.5 Å². The van der Waals surface area contributed by atoms with E-state index in [0.29, 0.717) is 17.6 Å². The van der Waals surface area contributed by atoms with Crippen molar-refractivity contribution in [2.24, 2.45) is 0 Å². The predicted molar refractivity (Wildman–Crippen MR) is 132 cm³/mol. The van der Waals surface area contributed by atoms with Gasteiger partial charge in [0.25, 0.3) is 11.8 Å². The van der Waals surface area contributed by atoms with E-state index in [1.165, 1.54) is 0 Å². The van der Waals surface area contributed by atoms with Crippen LogP contribution in [0.2, 0.25) is 0 Å². The fraction of sp³-hybridized carbons (Fsp3) is 0.0714. The third-order valence-electron chi connectivity index (χ3n) is 6.72. The molecule has 34 heavy (non-hydrogen) atoms. The highest BCUT2D eigenvalue weighted by Crippen LogP contribution is 2.40. The van der Waals surface area contributed by atoms with Gasteiger partial charge in [0.05, 0.1) is 17.6 Å². The van der Waals surface area contributed by atoms with Crippen molar-refractivity contribution in [3.63, 3.8) is 0 Å². The molecule has 5 aromatic rings. The Morgan fingerprint density at radius 1 is 0.912 bits per heavy atom. The van der Waals surface area contributed by atoms with Gasteiger partial charge in [-0.25, -0.2) is 5.48 Å². The van der Waals surface area contributed by atoms with Crippen molar-refractivity contribution in [1.29, 1.82) is 0 Å². The van der Waals surface area contributed by atoms with E-state index >= 15 is 0 Å². The summed E-state index contributed by atoms with van der Waals surface area (Å²) in [4.78, 5) is 30.7. The molecule has 1 aromatic heterocycles. The molecule has 3 N–H and O–H groups in total. The highest BCUT2D eigenvalue weighted by atomic mass is 16.5. The summed E-state index contributed by atoms with van der Waals surface area (Å²) in [6.07, 6.45) is 0. The lowest BCUT2D eigenvalue weighted by molar-refractivity contribution is 0.0708. The molecular weight excluding hydrogens is 426 g/mol. The largest absolute Gasteiger partial charge is 0.354 e. The van der Waals surface area contributed by atoms with E-state index in [1.807, 2.05) is 84.6 Å². The average Bonchev–Trinajstić information content (AvgIpc) is 3.42. The van der Waals surface area contributed by atoms with E-state index in [-0.39, 0.29) is 5.91 Å². The Bertz CT molecular complexity index is 1630. The standard InChI is InChI=1S/C28H21N3O3/c1-16-18(10-6-12-24(16)31-15-17-7-2-3-8-19(17)28(31)33)20-13-14-22(27(32)30-34)26-25(20)21-9-4-5-11-23(21)29-26/h2-14,29,34H,15H2,1H3,(H,30,32). The lowest BCUT2D eigenvalue weighted by Crippen LogP contribution is -2.24. The van der Waals surface area contributed by atoms with E-state index in [1.54, 1.807) is 11.5 Å². The fourth-order valence-electron chi connectivity index (χ4n) is 5.09. The molecule has 0 spiro atoms. The van der Waals surface area contributed by atoms with Crippen LogP contribution in [0.5, 0.6) is 0 Å². The van der Waals surface area contributed by atoms with Crippen LogP contribution in [0, 0.1) is 6.92 Å². The van der Waals surface area contributed by atoms with Crippen LogP contribution in [0.4, 0.5) is 5.69 Å². The number of carbonyl (C=O) groups is 2. The summed E-state index contributed by atoms with van der Waals surface area (Å²) >= 11 is 0. The first-order valence-electron chi connectivity index (χ1n) is 11.1. The van der Waals surface area contributed by atoms with E-state index in [2.05, 4.69) is 4.98 Å². The van der Waals surface area contributed by atoms with Gasteiger partial charge >= 0.3 is 0 Å². The second kappa shape index (κ2) is 7.57. The number of nitrogens with one attached hydrogen (secondary N) is 2. The Kier molecular flexibility index (Phi) is 4.50. The molecule has 4 aromatic carbocycles. The van der Waals surface area contributed by atoms with Crippen LogP contribution in [-0.4, -0.2) is 22.0 Å². The van der Waals surface area contributed by atoms with E-state index < -0.39 is 5.91 Å². The molecule has 2 heterocycles. The summed E-state index contributed by atoms with van der Waals surface area (Å²) in [6.45, 7) is 2.56. The number of hydroxylamine groups is 1. The molecular formula is C28H21N3O3. The van der Waals surface area contributed by atoms with Crippen molar-refractivity contribution in [1.82, 2.24) is 10.5 Å². The van der Waals surface area contributed by atoms with Gasteiger partial charge < -0.3 is 9.88 Å². The van der Waals surface area contributed by atoms with Crippen LogP contribution in [0.25, 0.3) is 32.9 Å². The van der Waals surface area contributed by atoms with Crippen LogP contribution in [0.1, 0.15) is 31.8 Å². The summed E-state index contributed by atoms with van der Waals surface area (Å²) < 4.78 is 0. The zero-order valence-electron chi connectivity index (χ0n) is 18.4. The first kappa shape index (κ1) is 20.2. The minimum Gasteiger partial charge on any atom is -0.354 e. The van der Waals surface area contributed by atoms with Crippen molar-refractivity contribution in [3.05, 3.63) is 101 Å². The number of amides is 2. The number of carbonyl (C=O) groups excluding carboxylic acids is 2. The van der Waals surface area contributed by atoms with Gasteiger partial charge in [0, 0.05) is 27.5 Å². The van der Waals surface area contributed by atoms with Crippen LogP contribution < -0.4 is 10.4 Å².